The van der Waals surface area contributed by atoms with E-state index in [9.17, 15) is 19.2 Å². The first-order chi connectivity index (χ1) is 10.0. The van der Waals surface area contributed by atoms with Crippen molar-refractivity contribution in [3.05, 3.63) is 35.9 Å². The van der Waals surface area contributed by atoms with E-state index < -0.39 is 30.4 Å². The molecule has 1 aromatic rings. The minimum absolute atomic E-state index is 0.279. The van der Waals surface area contributed by atoms with Gasteiger partial charge in [0.25, 0.3) is 0 Å². The lowest BCUT2D eigenvalue weighted by Gasteiger charge is -2.18. The number of hydrogen-bond acceptors (Lipinski definition) is 4. The number of carboxylic acids is 1. The predicted molar refractivity (Wildman–Crippen MR) is 72.0 cm³/mol. The van der Waals surface area contributed by atoms with Crippen LogP contribution in [0.4, 0.5) is 0 Å². The maximum Gasteiger partial charge on any atom is 0.322 e. The average molecular weight is 293 g/mol. The number of rotatable bonds is 8. The highest BCUT2D eigenvalue weighted by Crippen LogP contribution is 2.12. The molecule has 1 aromatic carbocycles. The van der Waals surface area contributed by atoms with Crippen LogP contribution in [0.15, 0.2) is 30.3 Å². The minimum atomic E-state index is -1.19. The predicted octanol–water partition coefficient (Wildman–Crippen LogP) is -1.21. The summed E-state index contributed by atoms with van der Waals surface area (Å²) in [6, 6.07) is 7.32. The van der Waals surface area contributed by atoms with Crippen molar-refractivity contribution in [2.45, 2.75) is 6.04 Å². The molecule has 21 heavy (non-hydrogen) atoms. The molecule has 0 aliphatic carbocycles. The molecule has 0 saturated carbocycles. The Labute approximate surface area is 120 Å². The lowest BCUT2D eigenvalue weighted by Crippen LogP contribution is -2.44. The molecule has 0 aliphatic heterocycles. The van der Waals surface area contributed by atoms with E-state index in [4.69, 9.17) is 5.11 Å². The molecule has 112 valence electrons. The Bertz CT molecular complexity index is 518. The van der Waals surface area contributed by atoms with E-state index in [-0.39, 0.29) is 6.54 Å². The van der Waals surface area contributed by atoms with Crippen LogP contribution in [0, 0.1) is 0 Å². The van der Waals surface area contributed by atoms with Gasteiger partial charge in [-0.15, -0.1) is 0 Å². The van der Waals surface area contributed by atoms with Crippen LogP contribution in [-0.4, -0.2) is 42.4 Å². The van der Waals surface area contributed by atoms with Crippen LogP contribution in [0.2, 0.25) is 0 Å². The SMILES string of the molecule is O=CNCC(=O)N[C@H](C(=O)NCC(=O)O)c1ccccc1. The number of carboxylic acid groups (broad SMARTS) is 1. The number of carbonyl (C=O) groups is 4. The van der Waals surface area contributed by atoms with Crippen molar-refractivity contribution in [1.29, 1.82) is 0 Å². The summed E-state index contributed by atoms with van der Waals surface area (Å²) >= 11 is 0. The highest BCUT2D eigenvalue weighted by atomic mass is 16.4. The molecule has 1 atom stereocenters. The second-order valence-electron chi connectivity index (χ2n) is 4.02. The minimum Gasteiger partial charge on any atom is -0.480 e. The molecule has 8 nitrogen and oxygen atoms in total. The second-order valence-corrected chi connectivity index (χ2v) is 4.02. The molecule has 0 heterocycles. The molecule has 0 saturated heterocycles. The average Bonchev–Trinajstić information content (AvgIpc) is 2.49. The first-order valence-electron chi connectivity index (χ1n) is 6.05. The van der Waals surface area contributed by atoms with E-state index in [0.717, 1.165) is 0 Å². The number of hydrogen-bond donors (Lipinski definition) is 4. The van der Waals surface area contributed by atoms with E-state index >= 15 is 0 Å². The summed E-state index contributed by atoms with van der Waals surface area (Å²) < 4.78 is 0. The second kappa shape index (κ2) is 8.31. The van der Waals surface area contributed by atoms with Gasteiger partial charge in [-0.25, -0.2) is 0 Å². The zero-order valence-electron chi connectivity index (χ0n) is 11.0. The van der Waals surface area contributed by atoms with Gasteiger partial charge in [-0.2, -0.15) is 0 Å². The topological polar surface area (TPSA) is 125 Å². The Morgan fingerprint density at radius 2 is 1.81 bits per heavy atom. The molecule has 8 heteroatoms. The van der Waals surface area contributed by atoms with Gasteiger partial charge in [0.1, 0.15) is 12.6 Å². The Hall–Kier alpha value is -2.90. The molecular formula is C13H15N3O5. The lowest BCUT2D eigenvalue weighted by atomic mass is 10.1. The van der Waals surface area contributed by atoms with E-state index in [1.165, 1.54) is 0 Å². The van der Waals surface area contributed by atoms with E-state index in [1.807, 2.05) is 0 Å². The molecule has 1 rings (SSSR count). The van der Waals surface area contributed by atoms with Crippen LogP contribution in [0.25, 0.3) is 0 Å². The molecule has 0 radical (unpaired) electrons. The van der Waals surface area contributed by atoms with Crippen LogP contribution in [-0.2, 0) is 19.2 Å². The molecular weight excluding hydrogens is 278 g/mol. The zero-order chi connectivity index (χ0) is 15.7. The summed E-state index contributed by atoms with van der Waals surface area (Å²) in [5.41, 5.74) is 0.500. The van der Waals surface area contributed by atoms with Gasteiger partial charge in [0.05, 0.1) is 6.54 Å². The summed E-state index contributed by atoms with van der Waals surface area (Å²) in [6.45, 7) is -0.830. The van der Waals surface area contributed by atoms with Crippen LogP contribution >= 0.6 is 0 Å². The summed E-state index contributed by atoms with van der Waals surface area (Å²) in [6.07, 6.45) is 0.363. The Morgan fingerprint density at radius 3 is 2.38 bits per heavy atom. The van der Waals surface area contributed by atoms with Gasteiger partial charge in [-0.1, -0.05) is 30.3 Å². The normalized spacial score (nSPS) is 11.0. The summed E-state index contributed by atoms with van der Waals surface area (Å²) in [5.74, 6) is -2.41. The van der Waals surface area contributed by atoms with Gasteiger partial charge < -0.3 is 21.1 Å². The van der Waals surface area contributed by atoms with Crippen molar-refractivity contribution >= 4 is 24.2 Å². The first-order valence-corrected chi connectivity index (χ1v) is 6.05. The number of benzene rings is 1. The fourth-order valence-corrected chi connectivity index (χ4v) is 1.56. The molecule has 0 unspecified atom stereocenters. The summed E-state index contributed by atoms with van der Waals surface area (Å²) in [5, 5.41) is 15.4. The third-order valence-electron chi connectivity index (χ3n) is 2.46. The number of aliphatic carboxylic acids is 1. The van der Waals surface area contributed by atoms with Crippen LogP contribution in [0.5, 0.6) is 0 Å². The summed E-state index contributed by atoms with van der Waals surface area (Å²) in [7, 11) is 0. The molecule has 0 fully saturated rings. The molecule has 4 N–H and O–H groups in total. The van der Waals surface area contributed by atoms with Gasteiger partial charge in [0.2, 0.25) is 18.2 Å². The Morgan fingerprint density at radius 1 is 1.14 bits per heavy atom. The fourth-order valence-electron chi connectivity index (χ4n) is 1.56. The molecule has 0 spiro atoms. The van der Waals surface area contributed by atoms with E-state index in [0.29, 0.717) is 12.0 Å². The van der Waals surface area contributed by atoms with Gasteiger partial charge in [-0.05, 0) is 5.56 Å². The largest absolute Gasteiger partial charge is 0.480 e. The van der Waals surface area contributed by atoms with Crippen molar-refractivity contribution < 1.29 is 24.3 Å². The third-order valence-corrected chi connectivity index (χ3v) is 2.46. The molecule has 0 aromatic heterocycles. The number of nitrogens with one attached hydrogen (secondary N) is 3. The highest BCUT2D eigenvalue weighted by molar-refractivity contribution is 5.91. The van der Waals surface area contributed by atoms with Crippen molar-refractivity contribution in [3.8, 4) is 0 Å². The monoisotopic (exact) mass is 293 g/mol. The summed E-state index contributed by atoms with van der Waals surface area (Å²) in [4.78, 5) is 44.2. The van der Waals surface area contributed by atoms with Crippen molar-refractivity contribution in [2.75, 3.05) is 13.1 Å². The van der Waals surface area contributed by atoms with Gasteiger partial charge in [0, 0.05) is 0 Å². The van der Waals surface area contributed by atoms with Crippen LogP contribution < -0.4 is 16.0 Å². The van der Waals surface area contributed by atoms with Crippen molar-refractivity contribution in [2.24, 2.45) is 0 Å². The lowest BCUT2D eigenvalue weighted by molar-refractivity contribution is -0.138. The number of amides is 3. The van der Waals surface area contributed by atoms with Crippen molar-refractivity contribution in [1.82, 2.24) is 16.0 Å². The van der Waals surface area contributed by atoms with Gasteiger partial charge in [0.15, 0.2) is 0 Å². The van der Waals surface area contributed by atoms with E-state index in [2.05, 4.69) is 16.0 Å². The smallest absolute Gasteiger partial charge is 0.322 e. The standard InChI is InChI=1S/C13H15N3O5/c17-8-14-6-10(18)16-12(9-4-2-1-3-5-9)13(21)15-7-11(19)20/h1-5,8,12H,6-7H2,(H,14,17)(H,15,21)(H,16,18)(H,19,20)/t12-/m0/s1. The maximum atomic E-state index is 12.0. The maximum absolute atomic E-state index is 12.0. The van der Waals surface area contributed by atoms with Crippen LogP contribution in [0.3, 0.4) is 0 Å². The first kappa shape index (κ1) is 16.2. The van der Waals surface area contributed by atoms with Crippen molar-refractivity contribution in [3.63, 3.8) is 0 Å². The molecule has 3 amide bonds. The van der Waals surface area contributed by atoms with Gasteiger partial charge >= 0.3 is 5.97 Å². The number of carbonyl (C=O) groups excluding carboxylic acids is 3. The fraction of sp³-hybridized carbons (Fsp3) is 0.231. The van der Waals surface area contributed by atoms with Crippen LogP contribution in [0.1, 0.15) is 11.6 Å². The molecule has 0 aliphatic rings. The third kappa shape index (κ3) is 5.72. The Balaban J connectivity index is 2.79. The van der Waals surface area contributed by atoms with Gasteiger partial charge in [-0.3, -0.25) is 19.2 Å². The Kier molecular flexibility index (Phi) is 6.39. The molecule has 0 bridgehead atoms. The highest BCUT2D eigenvalue weighted by Gasteiger charge is 2.22. The van der Waals surface area contributed by atoms with E-state index in [1.54, 1.807) is 30.3 Å². The quantitative estimate of drug-likeness (QED) is 0.448. The zero-order valence-corrected chi connectivity index (χ0v) is 11.0.